The third kappa shape index (κ3) is 4.23. The zero-order chi connectivity index (χ0) is 12.3. The number of aliphatic hydroxyl groups excluding tert-OH is 1. The van der Waals surface area contributed by atoms with Gasteiger partial charge in [0, 0.05) is 19.6 Å². The molecule has 1 saturated carbocycles. The molecule has 2 rings (SSSR count). The first-order chi connectivity index (χ1) is 8.13. The Labute approximate surface area is 106 Å². The summed E-state index contributed by atoms with van der Waals surface area (Å²) in [6.45, 7) is 5.03. The van der Waals surface area contributed by atoms with Gasteiger partial charge >= 0.3 is 0 Å². The highest BCUT2D eigenvalue weighted by Crippen LogP contribution is 2.25. The zero-order valence-corrected chi connectivity index (χ0v) is 11.4. The summed E-state index contributed by atoms with van der Waals surface area (Å²) < 4.78 is 0. The van der Waals surface area contributed by atoms with Crippen molar-refractivity contribution >= 4 is 0 Å². The molecule has 0 amide bonds. The quantitative estimate of drug-likeness (QED) is 0.805. The molecule has 2 fully saturated rings. The van der Waals surface area contributed by atoms with E-state index in [0.717, 1.165) is 24.7 Å². The first-order valence-corrected chi connectivity index (χ1v) is 7.18. The molecule has 3 heteroatoms. The van der Waals surface area contributed by atoms with E-state index in [1.165, 1.54) is 45.4 Å². The lowest BCUT2D eigenvalue weighted by molar-refractivity contribution is 0.0955. The third-order valence-electron chi connectivity index (χ3n) is 4.44. The number of nitrogens with zero attached hydrogens (tertiary/aromatic N) is 2. The first kappa shape index (κ1) is 13.3. The van der Waals surface area contributed by atoms with E-state index in [2.05, 4.69) is 23.9 Å². The van der Waals surface area contributed by atoms with Crippen LogP contribution in [0.1, 0.15) is 32.1 Å². The van der Waals surface area contributed by atoms with E-state index in [1.807, 2.05) is 0 Å². The van der Waals surface area contributed by atoms with Gasteiger partial charge in [0.2, 0.25) is 0 Å². The van der Waals surface area contributed by atoms with Crippen LogP contribution in [0.5, 0.6) is 0 Å². The van der Waals surface area contributed by atoms with E-state index >= 15 is 0 Å². The zero-order valence-electron chi connectivity index (χ0n) is 11.4. The summed E-state index contributed by atoms with van der Waals surface area (Å²) in [6, 6.07) is 0. The maximum atomic E-state index is 9.50. The fourth-order valence-electron chi connectivity index (χ4n) is 3.46. The fraction of sp³-hybridized carbons (Fsp3) is 1.00. The van der Waals surface area contributed by atoms with Crippen LogP contribution in [0.15, 0.2) is 0 Å². The molecule has 100 valence electrons. The summed E-state index contributed by atoms with van der Waals surface area (Å²) in [4.78, 5) is 4.96. The Kier molecular flexibility index (Phi) is 4.83. The molecule has 0 bridgehead atoms. The van der Waals surface area contributed by atoms with Crippen LogP contribution in [0.4, 0.5) is 0 Å². The molecule has 1 atom stereocenters. The van der Waals surface area contributed by atoms with Gasteiger partial charge in [0.05, 0.1) is 6.10 Å². The minimum atomic E-state index is -0.0139. The monoisotopic (exact) mass is 240 g/mol. The van der Waals surface area contributed by atoms with E-state index in [4.69, 9.17) is 0 Å². The van der Waals surface area contributed by atoms with Gasteiger partial charge in [0.15, 0.2) is 0 Å². The van der Waals surface area contributed by atoms with Crippen LogP contribution < -0.4 is 0 Å². The van der Waals surface area contributed by atoms with E-state index < -0.39 is 0 Å². The fourth-order valence-corrected chi connectivity index (χ4v) is 3.46. The third-order valence-corrected chi connectivity index (χ3v) is 4.44. The molecule has 1 heterocycles. The van der Waals surface area contributed by atoms with Gasteiger partial charge in [0.1, 0.15) is 0 Å². The van der Waals surface area contributed by atoms with E-state index in [1.54, 1.807) is 0 Å². The molecule has 17 heavy (non-hydrogen) atoms. The molecule has 0 aromatic rings. The second kappa shape index (κ2) is 6.17. The summed E-state index contributed by atoms with van der Waals surface area (Å²) in [6.07, 6.45) is 5.83. The standard InChI is InChI=1S/C14H28N2O/c1-15-8-7-13(10-15)11-16(2)9-12-3-5-14(17)6-4-12/h12-14,17H,3-11H2,1-2H3. The number of aliphatic hydroxyl groups is 1. The normalized spacial score (nSPS) is 35.6. The minimum absolute atomic E-state index is 0.0139. The molecule has 1 N–H and O–H groups in total. The van der Waals surface area contributed by atoms with Crippen LogP contribution in [0.2, 0.25) is 0 Å². The lowest BCUT2D eigenvalue weighted by atomic mass is 9.87. The Hall–Kier alpha value is -0.120. The van der Waals surface area contributed by atoms with Crippen molar-refractivity contribution in [1.29, 1.82) is 0 Å². The second-order valence-corrected chi connectivity index (χ2v) is 6.31. The van der Waals surface area contributed by atoms with Crippen LogP contribution in [-0.4, -0.2) is 61.3 Å². The number of hydrogen-bond acceptors (Lipinski definition) is 3. The van der Waals surface area contributed by atoms with Crippen molar-refractivity contribution in [3.05, 3.63) is 0 Å². The highest BCUT2D eigenvalue weighted by Gasteiger charge is 2.24. The van der Waals surface area contributed by atoms with Crippen LogP contribution in [0.3, 0.4) is 0 Å². The van der Waals surface area contributed by atoms with Gasteiger partial charge in [-0.15, -0.1) is 0 Å². The first-order valence-electron chi connectivity index (χ1n) is 7.18. The summed E-state index contributed by atoms with van der Waals surface area (Å²) in [7, 11) is 4.49. The summed E-state index contributed by atoms with van der Waals surface area (Å²) in [5.41, 5.74) is 0. The van der Waals surface area contributed by atoms with Gasteiger partial charge in [-0.1, -0.05) is 0 Å². The van der Waals surface area contributed by atoms with Gasteiger partial charge in [-0.05, 0) is 64.6 Å². The predicted octanol–water partition coefficient (Wildman–Crippen LogP) is 1.42. The van der Waals surface area contributed by atoms with Crippen LogP contribution in [0, 0.1) is 11.8 Å². The summed E-state index contributed by atoms with van der Waals surface area (Å²) >= 11 is 0. The van der Waals surface area contributed by atoms with Gasteiger partial charge in [0.25, 0.3) is 0 Å². The lowest BCUT2D eigenvalue weighted by Crippen LogP contribution is -2.33. The minimum Gasteiger partial charge on any atom is -0.393 e. The highest BCUT2D eigenvalue weighted by molar-refractivity contribution is 4.78. The average molecular weight is 240 g/mol. The van der Waals surface area contributed by atoms with Gasteiger partial charge in [-0.3, -0.25) is 0 Å². The maximum absolute atomic E-state index is 9.50. The molecule has 0 radical (unpaired) electrons. The second-order valence-electron chi connectivity index (χ2n) is 6.31. The molecule has 3 nitrogen and oxygen atoms in total. The van der Waals surface area contributed by atoms with Gasteiger partial charge < -0.3 is 14.9 Å². The molecule has 2 aliphatic rings. The Morgan fingerprint density at radius 2 is 1.71 bits per heavy atom. The highest BCUT2D eigenvalue weighted by atomic mass is 16.3. The lowest BCUT2D eigenvalue weighted by Gasteiger charge is -2.30. The molecule has 0 aromatic heterocycles. The Bertz CT molecular complexity index is 226. The van der Waals surface area contributed by atoms with Crippen molar-refractivity contribution in [3.8, 4) is 0 Å². The topological polar surface area (TPSA) is 26.7 Å². The summed E-state index contributed by atoms with van der Waals surface area (Å²) in [5, 5.41) is 9.50. The molecule has 1 aliphatic heterocycles. The Morgan fingerprint density at radius 3 is 2.29 bits per heavy atom. The number of likely N-dealkylation sites (tertiary alicyclic amines) is 1. The Balaban J connectivity index is 1.65. The van der Waals surface area contributed by atoms with Crippen molar-refractivity contribution in [2.24, 2.45) is 11.8 Å². The van der Waals surface area contributed by atoms with Crippen molar-refractivity contribution in [2.75, 3.05) is 40.3 Å². The average Bonchev–Trinajstić information content (AvgIpc) is 2.67. The van der Waals surface area contributed by atoms with E-state index in [-0.39, 0.29) is 6.10 Å². The molecule has 1 aliphatic carbocycles. The molecule has 0 spiro atoms. The molecular weight excluding hydrogens is 212 g/mol. The van der Waals surface area contributed by atoms with E-state index in [0.29, 0.717) is 0 Å². The van der Waals surface area contributed by atoms with Crippen molar-refractivity contribution in [2.45, 2.75) is 38.2 Å². The predicted molar refractivity (Wildman–Crippen MR) is 71.1 cm³/mol. The molecule has 1 unspecified atom stereocenters. The largest absolute Gasteiger partial charge is 0.393 e. The van der Waals surface area contributed by atoms with Gasteiger partial charge in [-0.2, -0.15) is 0 Å². The van der Waals surface area contributed by atoms with Crippen LogP contribution >= 0.6 is 0 Å². The van der Waals surface area contributed by atoms with E-state index in [9.17, 15) is 5.11 Å². The van der Waals surface area contributed by atoms with Crippen molar-refractivity contribution in [3.63, 3.8) is 0 Å². The molecule has 0 aromatic carbocycles. The molecule has 1 saturated heterocycles. The molecular formula is C14H28N2O. The van der Waals surface area contributed by atoms with Crippen LogP contribution in [0.25, 0.3) is 0 Å². The smallest absolute Gasteiger partial charge is 0.0540 e. The Morgan fingerprint density at radius 1 is 1.06 bits per heavy atom. The van der Waals surface area contributed by atoms with Gasteiger partial charge in [-0.25, -0.2) is 0 Å². The SMILES string of the molecule is CN1CCC(CN(C)CC2CCC(O)CC2)C1. The van der Waals surface area contributed by atoms with Crippen LogP contribution in [-0.2, 0) is 0 Å². The number of hydrogen-bond donors (Lipinski definition) is 1. The number of rotatable bonds is 4. The maximum Gasteiger partial charge on any atom is 0.0540 e. The summed E-state index contributed by atoms with van der Waals surface area (Å²) in [5.74, 6) is 1.70. The van der Waals surface area contributed by atoms with Crippen molar-refractivity contribution in [1.82, 2.24) is 9.80 Å². The van der Waals surface area contributed by atoms with Crippen molar-refractivity contribution < 1.29 is 5.11 Å².